The van der Waals surface area contributed by atoms with E-state index in [1.807, 2.05) is 29.2 Å². The fourth-order valence-electron chi connectivity index (χ4n) is 9.97. The Balaban J connectivity index is 0.879. The van der Waals surface area contributed by atoms with Gasteiger partial charge in [-0.2, -0.15) is 0 Å². The highest BCUT2D eigenvalue weighted by atomic mass is 16.5. The summed E-state index contributed by atoms with van der Waals surface area (Å²) in [6, 6.07) is 16.4. The van der Waals surface area contributed by atoms with Crippen LogP contribution < -0.4 is 5.32 Å². The molecule has 7 nitrogen and oxygen atoms in total. The van der Waals surface area contributed by atoms with Gasteiger partial charge in [0.05, 0.1) is 19.2 Å². The number of rotatable bonds is 10. The van der Waals surface area contributed by atoms with Crippen LogP contribution in [0, 0.1) is 28.6 Å². The summed E-state index contributed by atoms with van der Waals surface area (Å²) < 4.78 is 4.81. The van der Waals surface area contributed by atoms with E-state index in [-0.39, 0.29) is 35.2 Å². The molecule has 3 atom stereocenters. The van der Waals surface area contributed by atoms with Gasteiger partial charge in [0, 0.05) is 38.0 Å². The van der Waals surface area contributed by atoms with Gasteiger partial charge in [-0.3, -0.25) is 14.5 Å². The first-order valence-electron chi connectivity index (χ1n) is 16.8. The molecular weight excluding hydrogens is 550 g/mol. The van der Waals surface area contributed by atoms with Gasteiger partial charge in [-0.1, -0.05) is 36.4 Å². The summed E-state index contributed by atoms with van der Waals surface area (Å²) in [6.45, 7) is 4.73. The van der Waals surface area contributed by atoms with Crippen LogP contribution in [-0.2, 0) is 33.7 Å². The second-order valence-corrected chi connectivity index (χ2v) is 14.8. The van der Waals surface area contributed by atoms with E-state index in [1.165, 1.54) is 55.9 Å². The minimum atomic E-state index is -0.307. The highest BCUT2D eigenvalue weighted by molar-refractivity contribution is 5.89. The number of benzene rings is 2. The van der Waals surface area contributed by atoms with E-state index in [2.05, 4.69) is 34.5 Å². The number of amides is 2. The van der Waals surface area contributed by atoms with Crippen molar-refractivity contribution < 1.29 is 19.1 Å². The molecular formula is C37H47N3O4. The van der Waals surface area contributed by atoms with Crippen molar-refractivity contribution in [3.63, 3.8) is 0 Å². The maximum atomic E-state index is 13.2. The third kappa shape index (κ3) is 5.92. The zero-order chi connectivity index (χ0) is 30.3. The van der Waals surface area contributed by atoms with Crippen LogP contribution in [0.25, 0.3) is 0 Å². The molecule has 44 heavy (non-hydrogen) atoms. The molecule has 2 aromatic carbocycles. The molecule has 234 valence electrons. The van der Waals surface area contributed by atoms with Gasteiger partial charge in [-0.05, 0) is 116 Å². The van der Waals surface area contributed by atoms with Crippen LogP contribution in [0.2, 0.25) is 0 Å². The van der Waals surface area contributed by atoms with E-state index in [0.717, 1.165) is 76.2 Å². The first kappa shape index (κ1) is 29.5. The Hall–Kier alpha value is -3.19. The summed E-state index contributed by atoms with van der Waals surface area (Å²) in [5.41, 5.74) is 4.92. The largest absolute Gasteiger partial charge is 0.465 e. The average molecular weight is 598 g/mol. The molecule has 2 heterocycles. The van der Waals surface area contributed by atoms with Gasteiger partial charge in [0.15, 0.2) is 0 Å². The number of likely N-dealkylation sites (tertiary alicyclic amines) is 2. The van der Waals surface area contributed by atoms with Crippen LogP contribution >= 0.6 is 0 Å². The van der Waals surface area contributed by atoms with Gasteiger partial charge >= 0.3 is 5.97 Å². The van der Waals surface area contributed by atoms with Crippen LogP contribution in [-0.4, -0.2) is 67.4 Å². The summed E-state index contributed by atoms with van der Waals surface area (Å²) in [7, 11) is 1.40. The zero-order valence-corrected chi connectivity index (χ0v) is 26.2. The second-order valence-electron chi connectivity index (χ2n) is 14.8. The number of ether oxygens (including phenoxy) is 1. The lowest BCUT2D eigenvalue weighted by molar-refractivity contribution is -0.133. The van der Waals surface area contributed by atoms with Crippen molar-refractivity contribution in [3.8, 4) is 0 Å². The van der Waals surface area contributed by atoms with Crippen molar-refractivity contribution in [2.45, 2.75) is 70.8 Å². The van der Waals surface area contributed by atoms with Gasteiger partial charge in [0.1, 0.15) is 0 Å². The number of carbonyl (C=O) groups is 3. The first-order chi connectivity index (χ1) is 21.3. The highest BCUT2D eigenvalue weighted by Gasteiger charge is 2.58. The van der Waals surface area contributed by atoms with Crippen LogP contribution in [0.3, 0.4) is 0 Å². The molecule has 4 saturated carbocycles. The fourth-order valence-corrected chi connectivity index (χ4v) is 9.97. The fraction of sp³-hybridized carbons (Fsp3) is 0.595. The molecule has 6 aliphatic rings. The molecule has 8 rings (SSSR count). The number of hydrogen-bond donors (Lipinski definition) is 1. The molecule has 7 heteroatoms. The summed E-state index contributed by atoms with van der Waals surface area (Å²) >= 11 is 0. The summed E-state index contributed by atoms with van der Waals surface area (Å²) in [4.78, 5) is 42.4. The Kier molecular flexibility index (Phi) is 8.02. The van der Waals surface area contributed by atoms with Crippen LogP contribution in [0.15, 0.2) is 48.5 Å². The molecule has 2 saturated heterocycles. The van der Waals surface area contributed by atoms with Crippen molar-refractivity contribution >= 4 is 17.8 Å². The lowest BCUT2D eigenvalue weighted by Gasteiger charge is -2.32. The van der Waals surface area contributed by atoms with Crippen LogP contribution in [0.4, 0.5) is 0 Å². The third-order valence-corrected chi connectivity index (χ3v) is 12.0. The zero-order valence-electron chi connectivity index (χ0n) is 26.2. The lowest BCUT2D eigenvalue weighted by atomic mass is 9.73. The van der Waals surface area contributed by atoms with Gasteiger partial charge in [0.2, 0.25) is 11.8 Å². The number of nitrogens with zero attached hydrogens (tertiary/aromatic N) is 2. The predicted octanol–water partition coefficient (Wildman–Crippen LogP) is 5.02. The van der Waals surface area contributed by atoms with Crippen molar-refractivity contribution in [2.24, 2.45) is 28.6 Å². The Morgan fingerprint density at radius 2 is 1.61 bits per heavy atom. The van der Waals surface area contributed by atoms with E-state index in [9.17, 15) is 14.4 Å². The molecule has 4 aliphatic carbocycles. The lowest BCUT2D eigenvalue weighted by Crippen LogP contribution is -2.42. The maximum Gasteiger partial charge on any atom is 0.337 e. The molecule has 2 amide bonds. The van der Waals surface area contributed by atoms with E-state index >= 15 is 0 Å². The van der Waals surface area contributed by atoms with E-state index in [1.54, 1.807) is 0 Å². The Morgan fingerprint density at radius 3 is 2.36 bits per heavy atom. The highest BCUT2D eigenvalue weighted by Crippen LogP contribution is 2.66. The Bertz CT molecular complexity index is 1390. The molecule has 2 aliphatic heterocycles. The minimum absolute atomic E-state index is 0.0772. The topological polar surface area (TPSA) is 79.0 Å². The summed E-state index contributed by atoms with van der Waals surface area (Å²) in [5, 5.41) is 3.02. The van der Waals surface area contributed by atoms with Gasteiger partial charge in [-0.15, -0.1) is 0 Å². The monoisotopic (exact) mass is 597 g/mol. The quantitative estimate of drug-likeness (QED) is 0.390. The Labute approximate surface area is 261 Å². The number of hydrogen-bond acceptors (Lipinski definition) is 5. The van der Waals surface area contributed by atoms with E-state index in [4.69, 9.17) is 4.74 Å². The molecule has 0 radical (unpaired) electrons. The van der Waals surface area contributed by atoms with Gasteiger partial charge < -0.3 is 15.0 Å². The van der Waals surface area contributed by atoms with Crippen molar-refractivity contribution in [3.05, 3.63) is 70.8 Å². The molecule has 3 unspecified atom stereocenters. The van der Waals surface area contributed by atoms with Gasteiger partial charge in [0.25, 0.3) is 0 Å². The molecule has 2 aromatic rings. The average Bonchev–Trinajstić information content (AvgIpc) is 3.75. The maximum absolute atomic E-state index is 13.2. The van der Waals surface area contributed by atoms with Crippen LogP contribution in [0.1, 0.15) is 78.4 Å². The standard InChI is InChI=1S/C37H47N3O4/c1-44-35(43)30-10-7-26(8-11-30)6-9-29-4-2-3-5-31(29)23-39-14-12-36(24-39)13-15-40(25-36)34(42)22-38-33(41)21-37-19-27-16-28(20-37)18-32(37)17-27/h2-5,7-8,10-11,27-28,32H,6,9,12-25H2,1H3,(H,38,41). The van der Waals surface area contributed by atoms with Crippen molar-refractivity contribution in [2.75, 3.05) is 39.8 Å². The summed E-state index contributed by atoms with van der Waals surface area (Å²) in [6.07, 6.45) is 11.2. The van der Waals surface area contributed by atoms with E-state index < -0.39 is 0 Å². The number of carbonyl (C=O) groups excluding carboxylic acids is 3. The van der Waals surface area contributed by atoms with Gasteiger partial charge in [-0.25, -0.2) is 4.79 Å². The first-order valence-corrected chi connectivity index (χ1v) is 16.8. The second kappa shape index (κ2) is 12.0. The normalized spacial score (nSPS) is 30.4. The van der Waals surface area contributed by atoms with Crippen LogP contribution in [0.5, 0.6) is 0 Å². The molecule has 6 fully saturated rings. The third-order valence-electron chi connectivity index (χ3n) is 12.0. The SMILES string of the molecule is COC(=O)c1ccc(CCc2ccccc2CN2CCC3(CCN(C(=O)CNC(=O)CC45CC6CC(CC4C6)C5)C3)C2)cc1. The molecule has 1 N–H and O–H groups in total. The van der Waals surface area contributed by atoms with Crippen molar-refractivity contribution in [1.82, 2.24) is 15.1 Å². The predicted molar refractivity (Wildman–Crippen MR) is 169 cm³/mol. The number of esters is 1. The number of nitrogens with one attached hydrogen (secondary N) is 1. The molecule has 1 spiro atoms. The van der Waals surface area contributed by atoms with E-state index in [0.29, 0.717) is 12.0 Å². The molecule has 0 aromatic heterocycles. The minimum Gasteiger partial charge on any atom is -0.465 e. The Morgan fingerprint density at radius 1 is 0.886 bits per heavy atom. The molecule has 4 bridgehead atoms. The number of methoxy groups -OCH3 is 1. The summed E-state index contributed by atoms with van der Waals surface area (Å²) in [5.74, 6) is 2.30. The van der Waals surface area contributed by atoms with Crippen molar-refractivity contribution in [1.29, 1.82) is 0 Å². The smallest absolute Gasteiger partial charge is 0.337 e. The number of aryl methyl sites for hydroxylation is 2.